The van der Waals surface area contributed by atoms with Gasteiger partial charge in [-0.25, -0.2) is 9.78 Å². The van der Waals surface area contributed by atoms with E-state index in [1.165, 1.54) is 7.11 Å². The summed E-state index contributed by atoms with van der Waals surface area (Å²) in [6.45, 7) is 2.52. The Balaban J connectivity index is 1.60. The molecule has 0 fully saturated rings. The third kappa shape index (κ3) is 3.69. The zero-order valence-corrected chi connectivity index (χ0v) is 17.9. The van der Waals surface area contributed by atoms with E-state index in [-0.39, 0.29) is 0 Å². The standard InChI is InChI=1S/C27H22N2O3/c1-17-8-10-19(11-9-17)23-15-22(27(30)31-2)26-25(28-23)21-13-12-20(14-24(21)29-26)32-16-18-6-4-3-5-7-18/h3-15,29H,16H2,1-2H3. The van der Waals surface area contributed by atoms with Gasteiger partial charge in [0.1, 0.15) is 12.4 Å². The fourth-order valence-electron chi connectivity index (χ4n) is 3.81. The van der Waals surface area contributed by atoms with Gasteiger partial charge in [0.05, 0.1) is 34.9 Å². The number of carbonyl (C=O) groups is 1. The third-order valence-electron chi connectivity index (χ3n) is 5.53. The molecule has 0 unspecified atom stereocenters. The first kappa shape index (κ1) is 19.8. The molecule has 5 heteroatoms. The molecule has 0 amide bonds. The van der Waals surface area contributed by atoms with Crippen LogP contribution in [0, 0.1) is 6.92 Å². The second-order valence-corrected chi connectivity index (χ2v) is 7.74. The molecule has 5 aromatic rings. The van der Waals surface area contributed by atoms with Gasteiger partial charge in [-0.3, -0.25) is 0 Å². The minimum Gasteiger partial charge on any atom is -0.489 e. The van der Waals surface area contributed by atoms with E-state index >= 15 is 0 Å². The molecule has 0 aliphatic rings. The maximum Gasteiger partial charge on any atom is 0.340 e. The lowest BCUT2D eigenvalue weighted by molar-refractivity contribution is 0.0603. The largest absolute Gasteiger partial charge is 0.489 e. The molecule has 32 heavy (non-hydrogen) atoms. The minimum atomic E-state index is -0.405. The Morgan fingerprint density at radius 1 is 0.969 bits per heavy atom. The SMILES string of the molecule is COC(=O)c1cc(-c2ccc(C)cc2)nc2c1[nH]c1cc(OCc3ccccc3)ccc12. The van der Waals surface area contributed by atoms with Crippen LogP contribution >= 0.6 is 0 Å². The number of methoxy groups -OCH3 is 1. The van der Waals surface area contributed by atoms with Crippen LogP contribution in [0.4, 0.5) is 0 Å². The van der Waals surface area contributed by atoms with Gasteiger partial charge in [0.2, 0.25) is 0 Å². The monoisotopic (exact) mass is 422 g/mol. The van der Waals surface area contributed by atoms with E-state index in [9.17, 15) is 4.79 Å². The van der Waals surface area contributed by atoms with Crippen LogP contribution in [0.1, 0.15) is 21.5 Å². The van der Waals surface area contributed by atoms with Gasteiger partial charge in [0, 0.05) is 17.0 Å². The van der Waals surface area contributed by atoms with Crippen LogP contribution in [0.3, 0.4) is 0 Å². The quantitative estimate of drug-likeness (QED) is 0.350. The van der Waals surface area contributed by atoms with Gasteiger partial charge in [0.25, 0.3) is 0 Å². The molecular formula is C27H22N2O3. The molecule has 0 atom stereocenters. The van der Waals surface area contributed by atoms with Crippen LogP contribution < -0.4 is 4.74 Å². The van der Waals surface area contributed by atoms with Gasteiger partial charge in [-0.15, -0.1) is 0 Å². The Morgan fingerprint density at radius 3 is 2.50 bits per heavy atom. The molecular weight excluding hydrogens is 400 g/mol. The number of nitrogens with one attached hydrogen (secondary N) is 1. The number of carbonyl (C=O) groups excluding carboxylic acids is 1. The molecule has 2 heterocycles. The zero-order valence-electron chi connectivity index (χ0n) is 17.9. The summed E-state index contributed by atoms with van der Waals surface area (Å²) in [7, 11) is 1.39. The number of aromatic nitrogens is 2. The van der Waals surface area contributed by atoms with Gasteiger partial charge in [-0.2, -0.15) is 0 Å². The van der Waals surface area contributed by atoms with E-state index in [0.29, 0.717) is 17.7 Å². The van der Waals surface area contributed by atoms with Crippen LogP contribution in [0.25, 0.3) is 33.2 Å². The number of esters is 1. The number of hydrogen-bond donors (Lipinski definition) is 1. The van der Waals surface area contributed by atoms with Crippen molar-refractivity contribution < 1.29 is 14.3 Å². The summed E-state index contributed by atoms with van der Waals surface area (Å²) in [5.41, 5.74) is 6.62. The summed E-state index contributed by atoms with van der Waals surface area (Å²) in [5.74, 6) is 0.337. The topological polar surface area (TPSA) is 64.2 Å². The van der Waals surface area contributed by atoms with Crippen molar-refractivity contribution in [1.82, 2.24) is 9.97 Å². The molecule has 5 rings (SSSR count). The van der Waals surface area contributed by atoms with E-state index in [0.717, 1.165) is 44.6 Å². The van der Waals surface area contributed by atoms with E-state index in [1.54, 1.807) is 6.07 Å². The minimum absolute atomic E-state index is 0.405. The summed E-state index contributed by atoms with van der Waals surface area (Å²) in [6, 6.07) is 25.7. The number of hydrogen-bond acceptors (Lipinski definition) is 4. The fraction of sp³-hybridized carbons (Fsp3) is 0.111. The highest BCUT2D eigenvalue weighted by Gasteiger charge is 2.18. The Labute approximate surface area is 185 Å². The third-order valence-corrected chi connectivity index (χ3v) is 5.53. The lowest BCUT2D eigenvalue weighted by Gasteiger charge is -2.07. The van der Waals surface area contributed by atoms with E-state index in [4.69, 9.17) is 14.5 Å². The van der Waals surface area contributed by atoms with Crippen molar-refractivity contribution in [2.45, 2.75) is 13.5 Å². The first-order chi connectivity index (χ1) is 15.6. The average Bonchev–Trinajstić information content (AvgIpc) is 3.20. The average molecular weight is 422 g/mol. The summed E-state index contributed by atoms with van der Waals surface area (Å²) >= 11 is 0. The molecule has 5 nitrogen and oxygen atoms in total. The number of aromatic amines is 1. The van der Waals surface area contributed by atoms with Crippen LogP contribution in [-0.4, -0.2) is 23.0 Å². The second-order valence-electron chi connectivity index (χ2n) is 7.74. The molecule has 0 aliphatic heterocycles. The first-order valence-corrected chi connectivity index (χ1v) is 10.4. The molecule has 0 saturated carbocycles. The van der Waals surface area contributed by atoms with Crippen molar-refractivity contribution >= 4 is 27.9 Å². The van der Waals surface area contributed by atoms with Gasteiger partial charge in [-0.1, -0.05) is 60.2 Å². The van der Waals surface area contributed by atoms with Crippen LogP contribution in [0.15, 0.2) is 78.9 Å². The molecule has 158 valence electrons. The van der Waals surface area contributed by atoms with Gasteiger partial charge in [-0.05, 0) is 30.7 Å². The number of pyridine rings is 1. The highest BCUT2D eigenvalue weighted by molar-refractivity contribution is 6.13. The molecule has 2 aromatic heterocycles. The second kappa shape index (κ2) is 8.19. The van der Waals surface area contributed by atoms with E-state index in [2.05, 4.69) is 4.98 Å². The lowest BCUT2D eigenvalue weighted by atomic mass is 10.1. The van der Waals surface area contributed by atoms with Crippen molar-refractivity contribution in [3.63, 3.8) is 0 Å². The summed E-state index contributed by atoms with van der Waals surface area (Å²) in [5, 5.41) is 0.922. The number of nitrogens with zero attached hydrogens (tertiary/aromatic N) is 1. The molecule has 1 N–H and O–H groups in total. The lowest BCUT2D eigenvalue weighted by Crippen LogP contribution is -2.03. The Bertz CT molecular complexity index is 1420. The number of benzene rings is 3. The van der Waals surface area contributed by atoms with Crippen LogP contribution in [0.2, 0.25) is 0 Å². The Kier molecular flexibility index (Phi) is 5.07. The van der Waals surface area contributed by atoms with Gasteiger partial charge >= 0.3 is 5.97 Å². The Morgan fingerprint density at radius 2 is 1.75 bits per heavy atom. The van der Waals surface area contributed by atoms with Crippen molar-refractivity contribution in [2.24, 2.45) is 0 Å². The molecule has 0 aliphatic carbocycles. The number of fused-ring (bicyclic) bond motifs is 3. The van der Waals surface area contributed by atoms with E-state index < -0.39 is 5.97 Å². The predicted octanol–water partition coefficient (Wildman–Crippen LogP) is 6.06. The molecule has 0 bridgehead atoms. The molecule has 0 saturated heterocycles. The van der Waals surface area contributed by atoms with Crippen molar-refractivity contribution in [3.05, 3.63) is 95.6 Å². The van der Waals surface area contributed by atoms with Crippen molar-refractivity contribution in [2.75, 3.05) is 7.11 Å². The summed E-state index contributed by atoms with van der Waals surface area (Å²) < 4.78 is 11.0. The van der Waals surface area contributed by atoms with Crippen molar-refractivity contribution in [3.8, 4) is 17.0 Å². The maximum atomic E-state index is 12.6. The molecule has 0 spiro atoms. The predicted molar refractivity (Wildman–Crippen MR) is 126 cm³/mol. The Hall–Kier alpha value is -4.12. The van der Waals surface area contributed by atoms with Crippen LogP contribution in [0.5, 0.6) is 5.75 Å². The van der Waals surface area contributed by atoms with Crippen LogP contribution in [-0.2, 0) is 11.3 Å². The number of aryl methyl sites for hydroxylation is 1. The highest BCUT2D eigenvalue weighted by Crippen LogP contribution is 2.32. The number of rotatable bonds is 5. The highest BCUT2D eigenvalue weighted by atomic mass is 16.5. The normalized spacial score (nSPS) is 11.1. The first-order valence-electron chi connectivity index (χ1n) is 10.4. The van der Waals surface area contributed by atoms with Gasteiger partial charge < -0.3 is 14.5 Å². The maximum absolute atomic E-state index is 12.6. The molecule has 3 aromatic carbocycles. The fourth-order valence-corrected chi connectivity index (χ4v) is 3.81. The smallest absolute Gasteiger partial charge is 0.340 e. The number of ether oxygens (including phenoxy) is 2. The van der Waals surface area contributed by atoms with Crippen molar-refractivity contribution in [1.29, 1.82) is 0 Å². The zero-order chi connectivity index (χ0) is 22.1. The summed E-state index contributed by atoms with van der Waals surface area (Å²) in [6.07, 6.45) is 0. The number of H-pyrrole nitrogens is 1. The van der Waals surface area contributed by atoms with E-state index in [1.807, 2.05) is 79.7 Å². The summed E-state index contributed by atoms with van der Waals surface area (Å²) in [4.78, 5) is 20.8. The molecule has 0 radical (unpaired) electrons. The van der Waals surface area contributed by atoms with Gasteiger partial charge in [0.15, 0.2) is 0 Å².